The van der Waals surface area contributed by atoms with E-state index in [-0.39, 0.29) is 23.8 Å². The van der Waals surface area contributed by atoms with Gasteiger partial charge in [-0.25, -0.2) is 4.79 Å². The van der Waals surface area contributed by atoms with Gasteiger partial charge in [-0.3, -0.25) is 4.79 Å². The number of nitrogens with zero attached hydrogens (tertiary/aromatic N) is 1. The van der Waals surface area contributed by atoms with E-state index in [9.17, 15) is 9.59 Å². The Hall–Kier alpha value is -1.06. The fraction of sp³-hybridized carbons (Fsp3) is 0.800. The lowest BCUT2D eigenvalue weighted by molar-refractivity contribution is -0.125. The molecule has 0 radical (unpaired) electrons. The molecule has 0 bridgehead atoms. The molecule has 1 unspecified atom stereocenters. The SMILES string of the molecule is CCNC(=O)N(C)C(C)C(=O)C(C)C. The second-order valence-electron chi connectivity index (χ2n) is 3.68. The molecular formula is C10H20N2O2. The number of hydrogen-bond donors (Lipinski definition) is 1. The first-order valence-electron chi connectivity index (χ1n) is 4.96. The molecule has 0 aliphatic heterocycles. The molecule has 0 aliphatic rings. The maximum absolute atomic E-state index is 11.6. The molecule has 0 rings (SSSR count). The quantitative estimate of drug-likeness (QED) is 0.742. The number of hydrogen-bond acceptors (Lipinski definition) is 2. The minimum Gasteiger partial charge on any atom is -0.338 e. The maximum Gasteiger partial charge on any atom is 0.317 e. The van der Waals surface area contributed by atoms with Gasteiger partial charge < -0.3 is 10.2 Å². The molecule has 0 aromatic rings. The number of Topliss-reactive ketones (excluding diaryl/α,β-unsaturated/α-hetero) is 1. The van der Waals surface area contributed by atoms with Crippen molar-refractivity contribution in [3.63, 3.8) is 0 Å². The third-order valence-corrected chi connectivity index (χ3v) is 2.21. The van der Waals surface area contributed by atoms with E-state index < -0.39 is 0 Å². The number of likely N-dealkylation sites (N-methyl/N-ethyl adjacent to an activating group) is 1. The van der Waals surface area contributed by atoms with E-state index in [0.717, 1.165) is 0 Å². The summed E-state index contributed by atoms with van der Waals surface area (Å²) in [7, 11) is 1.63. The summed E-state index contributed by atoms with van der Waals surface area (Å²) in [6, 6.07) is -0.560. The first-order valence-corrected chi connectivity index (χ1v) is 4.96. The lowest BCUT2D eigenvalue weighted by atomic mass is 10.0. The van der Waals surface area contributed by atoms with Gasteiger partial charge in [0, 0.05) is 19.5 Å². The van der Waals surface area contributed by atoms with E-state index in [0.29, 0.717) is 6.54 Å². The molecule has 0 spiro atoms. The van der Waals surface area contributed by atoms with Crippen molar-refractivity contribution in [2.24, 2.45) is 5.92 Å². The molecule has 0 aromatic carbocycles. The Kier molecular flexibility index (Phi) is 5.20. The van der Waals surface area contributed by atoms with Crippen LogP contribution in [-0.4, -0.2) is 36.3 Å². The monoisotopic (exact) mass is 200 g/mol. The molecule has 4 nitrogen and oxygen atoms in total. The number of urea groups is 1. The summed E-state index contributed by atoms with van der Waals surface area (Å²) in [4.78, 5) is 24.4. The lowest BCUT2D eigenvalue weighted by Crippen LogP contribution is -2.46. The molecule has 0 aromatic heterocycles. The van der Waals surface area contributed by atoms with E-state index in [4.69, 9.17) is 0 Å². The molecule has 1 N–H and O–H groups in total. The van der Waals surface area contributed by atoms with Gasteiger partial charge in [0.05, 0.1) is 6.04 Å². The highest BCUT2D eigenvalue weighted by Crippen LogP contribution is 2.05. The van der Waals surface area contributed by atoms with Crippen LogP contribution < -0.4 is 5.32 Å². The summed E-state index contributed by atoms with van der Waals surface area (Å²) in [6.07, 6.45) is 0. The van der Waals surface area contributed by atoms with Crippen LogP contribution in [0.5, 0.6) is 0 Å². The van der Waals surface area contributed by atoms with Crippen LogP contribution in [0.2, 0.25) is 0 Å². The molecule has 2 amide bonds. The molecule has 0 aliphatic carbocycles. The molecule has 0 saturated carbocycles. The Labute approximate surface area is 85.7 Å². The minimum absolute atomic E-state index is 0.0399. The molecule has 1 atom stereocenters. The minimum atomic E-state index is -0.360. The van der Waals surface area contributed by atoms with Crippen LogP contribution in [0.25, 0.3) is 0 Å². The summed E-state index contributed by atoms with van der Waals surface area (Å²) in [5.74, 6) is 0.0422. The topological polar surface area (TPSA) is 49.4 Å². The number of amides is 2. The van der Waals surface area contributed by atoms with Gasteiger partial charge in [0.2, 0.25) is 0 Å². The van der Waals surface area contributed by atoms with Gasteiger partial charge in [-0.15, -0.1) is 0 Å². The Balaban J connectivity index is 4.31. The normalized spacial score (nSPS) is 12.4. The predicted octanol–water partition coefficient (Wildman–Crippen LogP) is 1.26. The fourth-order valence-electron chi connectivity index (χ4n) is 1.13. The Morgan fingerprint density at radius 3 is 2.14 bits per heavy atom. The largest absolute Gasteiger partial charge is 0.338 e. The standard InChI is InChI=1S/C10H20N2O2/c1-6-11-10(14)12(5)8(4)9(13)7(2)3/h7-8H,6H2,1-5H3,(H,11,14). The van der Waals surface area contributed by atoms with Crippen LogP contribution in [0, 0.1) is 5.92 Å². The smallest absolute Gasteiger partial charge is 0.317 e. The van der Waals surface area contributed by atoms with Gasteiger partial charge in [0.15, 0.2) is 5.78 Å². The predicted molar refractivity (Wildman–Crippen MR) is 56.1 cm³/mol. The van der Waals surface area contributed by atoms with Crippen molar-refractivity contribution in [1.29, 1.82) is 0 Å². The Bertz CT molecular complexity index is 214. The molecule has 82 valence electrons. The number of rotatable bonds is 4. The number of ketones is 1. The van der Waals surface area contributed by atoms with E-state index >= 15 is 0 Å². The van der Waals surface area contributed by atoms with Crippen molar-refractivity contribution >= 4 is 11.8 Å². The fourth-order valence-corrected chi connectivity index (χ4v) is 1.13. The van der Waals surface area contributed by atoms with Gasteiger partial charge in [-0.1, -0.05) is 13.8 Å². The Morgan fingerprint density at radius 2 is 1.79 bits per heavy atom. The molecule has 14 heavy (non-hydrogen) atoms. The number of nitrogens with one attached hydrogen (secondary N) is 1. The Morgan fingerprint density at radius 1 is 1.29 bits per heavy atom. The average molecular weight is 200 g/mol. The molecule has 0 heterocycles. The van der Waals surface area contributed by atoms with Crippen molar-refractivity contribution < 1.29 is 9.59 Å². The summed E-state index contributed by atoms with van der Waals surface area (Å²) in [5.41, 5.74) is 0. The van der Waals surface area contributed by atoms with E-state index in [1.807, 2.05) is 20.8 Å². The van der Waals surface area contributed by atoms with Crippen molar-refractivity contribution in [2.75, 3.05) is 13.6 Å². The van der Waals surface area contributed by atoms with Crippen molar-refractivity contribution in [3.05, 3.63) is 0 Å². The first-order chi connectivity index (χ1) is 6.41. The van der Waals surface area contributed by atoms with E-state index in [2.05, 4.69) is 5.32 Å². The maximum atomic E-state index is 11.6. The second kappa shape index (κ2) is 5.62. The number of carbonyl (C=O) groups excluding carboxylic acids is 2. The van der Waals surface area contributed by atoms with Gasteiger partial charge >= 0.3 is 6.03 Å². The zero-order chi connectivity index (χ0) is 11.3. The molecule has 4 heteroatoms. The van der Waals surface area contributed by atoms with E-state index in [1.54, 1.807) is 14.0 Å². The zero-order valence-corrected chi connectivity index (χ0v) is 9.63. The number of carbonyl (C=O) groups is 2. The lowest BCUT2D eigenvalue weighted by Gasteiger charge is -2.25. The zero-order valence-electron chi connectivity index (χ0n) is 9.63. The molecule has 0 fully saturated rings. The molecule has 0 saturated heterocycles. The van der Waals surface area contributed by atoms with Crippen LogP contribution in [0.1, 0.15) is 27.7 Å². The van der Waals surface area contributed by atoms with Crippen molar-refractivity contribution in [3.8, 4) is 0 Å². The first kappa shape index (κ1) is 12.9. The van der Waals surface area contributed by atoms with E-state index in [1.165, 1.54) is 4.90 Å². The molecular weight excluding hydrogens is 180 g/mol. The van der Waals surface area contributed by atoms with Crippen molar-refractivity contribution in [1.82, 2.24) is 10.2 Å². The van der Waals surface area contributed by atoms with Crippen LogP contribution in [0.4, 0.5) is 4.79 Å². The van der Waals surface area contributed by atoms with Crippen LogP contribution >= 0.6 is 0 Å². The summed E-state index contributed by atoms with van der Waals surface area (Å²) >= 11 is 0. The third kappa shape index (κ3) is 3.36. The van der Waals surface area contributed by atoms with Gasteiger partial charge in [-0.2, -0.15) is 0 Å². The highest BCUT2D eigenvalue weighted by molar-refractivity contribution is 5.89. The second-order valence-corrected chi connectivity index (χ2v) is 3.68. The van der Waals surface area contributed by atoms with Crippen LogP contribution in [-0.2, 0) is 4.79 Å². The van der Waals surface area contributed by atoms with Crippen molar-refractivity contribution in [2.45, 2.75) is 33.7 Å². The van der Waals surface area contributed by atoms with Crippen LogP contribution in [0.15, 0.2) is 0 Å². The summed E-state index contributed by atoms with van der Waals surface area (Å²) < 4.78 is 0. The van der Waals surface area contributed by atoms with Gasteiger partial charge in [0.1, 0.15) is 0 Å². The van der Waals surface area contributed by atoms with Gasteiger partial charge in [-0.05, 0) is 13.8 Å². The summed E-state index contributed by atoms with van der Waals surface area (Å²) in [5, 5.41) is 2.65. The van der Waals surface area contributed by atoms with Crippen LogP contribution in [0.3, 0.4) is 0 Å². The average Bonchev–Trinajstić information content (AvgIpc) is 2.14. The summed E-state index contributed by atoms with van der Waals surface area (Å²) in [6.45, 7) is 7.85. The highest BCUT2D eigenvalue weighted by atomic mass is 16.2. The third-order valence-electron chi connectivity index (χ3n) is 2.21. The van der Waals surface area contributed by atoms with Gasteiger partial charge in [0.25, 0.3) is 0 Å². The highest BCUT2D eigenvalue weighted by Gasteiger charge is 2.23.